The number of pyridine rings is 1. The van der Waals surface area contributed by atoms with Crippen LogP contribution in [-0.4, -0.2) is 52.4 Å². The Morgan fingerprint density at radius 1 is 1.23 bits per heavy atom. The molecule has 11 heteroatoms. The summed E-state index contributed by atoms with van der Waals surface area (Å²) in [6.07, 6.45) is 5.92. The maximum Gasteiger partial charge on any atom is 0.246 e. The second kappa shape index (κ2) is 7.80. The summed E-state index contributed by atoms with van der Waals surface area (Å²) in [5.74, 6) is 0.561. The molecule has 0 aliphatic heterocycles. The van der Waals surface area contributed by atoms with Crippen LogP contribution in [0.25, 0.3) is 16.2 Å². The minimum Gasteiger partial charge on any atom is -0.480 e. The molecule has 2 N–H and O–H groups in total. The van der Waals surface area contributed by atoms with E-state index in [0.717, 1.165) is 34.2 Å². The van der Waals surface area contributed by atoms with Crippen LogP contribution in [0, 0.1) is 6.92 Å². The van der Waals surface area contributed by atoms with Crippen LogP contribution >= 0.6 is 11.3 Å². The molecule has 31 heavy (non-hydrogen) atoms. The fourth-order valence-corrected chi connectivity index (χ4v) is 6.64. The predicted octanol–water partition coefficient (Wildman–Crippen LogP) is 2.63. The highest BCUT2D eigenvalue weighted by Crippen LogP contribution is 2.42. The van der Waals surface area contributed by atoms with Crippen LogP contribution in [0.1, 0.15) is 55.1 Å². The zero-order valence-electron chi connectivity index (χ0n) is 17.4. The number of hydrogen-bond donors (Lipinski definition) is 2. The smallest absolute Gasteiger partial charge is 0.246 e. The first-order valence-corrected chi connectivity index (χ1v) is 12.8. The molecule has 2 fully saturated rings. The Morgan fingerprint density at radius 3 is 2.65 bits per heavy atom. The van der Waals surface area contributed by atoms with Crippen LogP contribution in [0.15, 0.2) is 17.2 Å². The van der Waals surface area contributed by atoms with Gasteiger partial charge in [-0.15, -0.1) is 0 Å². The fourth-order valence-electron chi connectivity index (χ4n) is 4.07. The third-order valence-electron chi connectivity index (χ3n) is 5.91. The zero-order valence-corrected chi connectivity index (χ0v) is 19.0. The van der Waals surface area contributed by atoms with E-state index in [1.54, 1.807) is 28.1 Å². The van der Waals surface area contributed by atoms with E-state index in [1.165, 1.54) is 7.11 Å². The third kappa shape index (κ3) is 3.95. The fraction of sp³-hybridized carbons (Fsp3) is 0.550. The maximum absolute atomic E-state index is 13.2. The van der Waals surface area contributed by atoms with E-state index >= 15 is 0 Å². The predicted molar refractivity (Wildman–Crippen MR) is 116 cm³/mol. The van der Waals surface area contributed by atoms with Crippen LogP contribution in [0.3, 0.4) is 0 Å². The van der Waals surface area contributed by atoms with E-state index in [9.17, 15) is 13.5 Å². The molecule has 3 aromatic rings. The first-order valence-electron chi connectivity index (χ1n) is 10.5. The molecule has 0 spiro atoms. The third-order valence-corrected chi connectivity index (χ3v) is 8.50. The molecule has 2 aliphatic rings. The summed E-state index contributed by atoms with van der Waals surface area (Å²) in [6.45, 7) is 1.89. The number of ether oxygens (including phenoxy) is 1. The first kappa shape index (κ1) is 20.8. The number of hydrogen-bond acceptors (Lipinski definition) is 8. The van der Waals surface area contributed by atoms with E-state index in [2.05, 4.69) is 14.7 Å². The maximum atomic E-state index is 13.2. The molecule has 3 heterocycles. The number of rotatable bonds is 6. The lowest BCUT2D eigenvalue weighted by atomic mass is 9.94. The zero-order chi connectivity index (χ0) is 21.8. The molecule has 0 bridgehead atoms. The molecular formula is C20H25N5O4S2. The number of nitrogens with zero attached hydrogens (tertiary/aromatic N) is 4. The van der Waals surface area contributed by atoms with E-state index in [0.29, 0.717) is 37.2 Å². The summed E-state index contributed by atoms with van der Waals surface area (Å²) in [5, 5.41) is 15.5. The van der Waals surface area contributed by atoms with E-state index < -0.39 is 10.0 Å². The molecule has 166 valence electrons. The summed E-state index contributed by atoms with van der Waals surface area (Å²) in [7, 11) is -2.46. The number of methoxy groups -OCH3 is 1. The Morgan fingerprint density at radius 2 is 1.97 bits per heavy atom. The molecule has 0 amide bonds. The average molecular weight is 464 g/mol. The number of aryl methyl sites for hydroxylation is 1. The van der Waals surface area contributed by atoms with Crippen molar-refractivity contribution in [1.82, 2.24) is 24.3 Å². The Bertz CT molecular complexity index is 1220. The molecule has 0 radical (unpaired) electrons. The number of nitrogens with one attached hydrogen (secondary N) is 1. The van der Waals surface area contributed by atoms with Gasteiger partial charge >= 0.3 is 0 Å². The standard InChI is InChI=1S/C20H25N5O4S2/c1-11-17(25-20(22-11)30-19(23-25)12-3-4-12)13-9-16(18(29-2)21-10-13)31(27,28)24-14-5-7-15(26)8-6-14/h9-10,12,14-15,24,26H,3-8H2,1-2H3. The first-order chi connectivity index (χ1) is 14.9. The van der Waals surface area contributed by atoms with Crippen LogP contribution in [0.2, 0.25) is 0 Å². The van der Waals surface area contributed by atoms with E-state index in [-0.39, 0.29) is 22.9 Å². The molecule has 2 saturated carbocycles. The number of aliphatic hydroxyl groups is 1. The molecule has 0 aromatic carbocycles. The van der Waals surface area contributed by atoms with Crippen LogP contribution in [0.4, 0.5) is 0 Å². The molecule has 0 unspecified atom stereocenters. The molecule has 2 aliphatic carbocycles. The Hall–Kier alpha value is -2.08. The molecule has 5 rings (SSSR count). The van der Waals surface area contributed by atoms with Gasteiger partial charge in [0, 0.05) is 23.7 Å². The van der Waals surface area contributed by atoms with Crippen molar-refractivity contribution in [2.45, 2.75) is 68.4 Å². The van der Waals surface area contributed by atoms with Gasteiger partial charge in [-0.05, 0) is 51.5 Å². The van der Waals surface area contributed by atoms with Crippen molar-refractivity contribution in [2.75, 3.05) is 7.11 Å². The van der Waals surface area contributed by atoms with E-state index in [4.69, 9.17) is 9.84 Å². The monoisotopic (exact) mass is 463 g/mol. The highest BCUT2D eigenvalue weighted by atomic mass is 32.2. The largest absolute Gasteiger partial charge is 0.480 e. The van der Waals surface area contributed by atoms with Crippen LogP contribution < -0.4 is 9.46 Å². The number of imidazole rings is 1. The molecule has 0 saturated heterocycles. The minimum absolute atomic E-state index is 0.00869. The Balaban J connectivity index is 1.53. The van der Waals surface area contributed by atoms with Gasteiger partial charge in [-0.2, -0.15) is 5.10 Å². The number of aromatic nitrogens is 4. The van der Waals surface area contributed by atoms with Gasteiger partial charge in [0.25, 0.3) is 0 Å². The summed E-state index contributed by atoms with van der Waals surface area (Å²) < 4.78 is 36.2. The van der Waals surface area contributed by atoms with Crippen molar-refractivity contribution in [3.05, 3.63) is 23.0 Å². The summed E-state index contributed by atoms with van der Waals surface area (Å²) in [6, 6.07) is 1.36. The number of sulfonamides is 1. The Kier molecular flexibility index (Phi) is 5.24. The van der Waals surface area contributed by atoms with Crippen molar-refractivity contribution in [3.63, 3.8) is 0 Å². The lowest BCUT2D eigenvalue weighted by Crippen LogP contribution is -2.38. The summed E-state index contributed by atoms with van der Waals surface area (Å²) in [5.41, 5.74) is 2.13. The van der Waals surface area contributed by atoms with Crippen molar-refractivity contribution in [3.8, 4) is 17.1 Å². The van der Waals surface area contributed by atoms with Crippen molar-refractivity contribution in [2.24, 2.45) is 0 Å². The normalized spacial score (nSPS) is 22.2. The second-order valence-corrected chi connectivity index (χ2v) is 11.0. The van der Waals surface area contributed by atoms with Crippen molar-refractivity contribution >= 4 is 26.3 Å². The van der Waals surface area contributed by atoms with Gasteiger partial charge in [0.05, 0.1) is 24.6 Å². The molecular weight excluding hydrogens is 438 g/mol. The van der Waals surface area contributed by atoms with E-state index in [1.807, 2.05) is 6.92 Å². The second-order valence-electron chi connectivity index (χ2n) is 8.31. The summed E-state index contributed by atoms with van der Waals surface area (Å²) in [4.78, 5) is 9.70. The topological polar surface area (TPSA) is 119 Å². The highest BCUT2D eigenvalue weighted by molar-refractivity contribution is 7.89. The van der Waals surface area contributed by atoms with Gasteiger partial charge in [-0.25, -0.2) is 27.6 Å². The van der Waals surface area contributed by atoms with Gasteiger partial charge in [0.1, 0.15) is 9.90 Å². The Labute approximate surface area is 184 Å². The molecule has 0 atom stereocenters. The van der Waals surface area contributed by atoms with Crippen molar-refractivity contribution < 1.29 is 18.3 Å². The van der Waals surface area contributed by atoms with Crippen molar-refractivity contribution in [1.29, 1.82) is 0 Å². The average Bonchev–Trinajstić information content (AvgIpc) is 3.44. The SMILES string of the molecule is COc1ncc(-c2c(C)nc3sc(C4CC4)nn23)cc1S(=O)(=O)NC1CCC(O)CC1. The molecule has 3 aromatic heterocycles. The number of aliphatic hydroxyl groups excluding tert-OH is 1. The van der Waals surface area contributed by atoms with Gasteiger partial charge in [-0.1, -0.05) is 11.3 Å². The van der Waals surface area contributed by atoms with Gasteiger partial charge in [0.2, 0.25) is 20.9 Å². The molecule has 9 nitrogen and oxygen atoms in total. The lowest BCUT2D eigenvalue weighted by Gasteiger charge is -2.26. The number of fused-ring (bicyclic) bond motifs is 1. The van der Waals surface area contributed by atoms with Gasteiger partial charge in [-0.3, -0.25) is 0 Å². The van der Waals surface area contributed by atoms with Crippen LogP contribution in [0.5, 0.6) is 5.88 Å². The van der Waals surface area contributed by atoms with Gasteiger partial charge < -0.3 is 9.84 Å². The highest BCUT2D eigenvalue weighted by Gasteiger charge is 2.31. The van der Waals surface area contributed by atoms with Gasteiger partial charge in [0.15, 0.2) is 0 Å². The van der Waals surface area contributed by atoms with Crippen LogP contribution in [-0.2, 0) is 10.0 Å². The lowest BCUT2D eigenvalue weighted by molar-refractivity contribution is 0.120. The quantitative estimate of drug-likeness (QED) is 0.577. The minimum atomic E-state index is -3.86. The summed E-state index contributed by atoms with van der Waals surface area (Å²) >= 11 is 1.58.